The third-order valence-electron chi connectivity index (χ3n) is 4.83. The van der Waals surface area contributed by atoms with Gasteiger partial charge in [0.15, 0.2) is 0 Å². The molecule has 9 nitrogen and oxygen atoms in total. The lowest BCUT2D eigenvalue weighted by Gasteiger charge is -2.44. The van der Waals surface area contributed by atoms with E-state index in [9.17, 15) is 9.59 Å². The molecule has 3 heterocycles. The van der Waals surface area contributed by atoms with Crippen LogP contribution in [-0.2, 0) is 4.79 Å². The minimum absolute atomic E-state index is 0.00718. The van der Waals surface area contributed by atoms with Gasteiger partial charge in [-0.3, -0.25) is 9.59 Å². The van der Waals surface area contributed by atoms with E-state index in [0.29, 0.717) is 24.5 Å². The fourth-order valence-corrected chi connectivity index (χ4v) is 3.03. The number of nitrogens with zero attached hydrogens (tertiary/aromatic N) is 5. The summed E-state index contributed by atoms with van der Waals surface area (Å²) < 4.78 is 5.07. The second-order valence-corrected chi connectivity index (χ2v) is 7.20. The number of rotatable bonds is 7. The lowest BCUT2D eigenvalue weighted by Crippen LogP contribution is -2.60. The van der Waals surface area contributed by atoms with Crippen LogP contribution in [0.4, 0.5) is 5.69 Å². The number of carbonyl (C=O) groups excluding carboxylic acids is 1. The van der Waals surface area contributed by atoms with Gasteiger partial charge in [-0.2, -0.15) is 4.98 Å². The molecule has 0 spiro atoms. The van der Waals surface area contributed by atoms with E-state index in [2.05, 4.69) is 15.0 Å². The number of methoxy groups -OCH3 is 1. The third-order valence-corrected chi connectivity index (χ3v) is 4.83. The number of anilines is 1. The first-order chi connectivity index (χ1) is 13.9. The number of aromatic amines is 1. The van der Waals surface area contributed by atoms with Crippen LogP contribution < -0.4 is 15.2 Å². The van der Waals surface area contributed by atoms with Crippen LogP contribution in [0.15, 0.2) is 41.5 Å². The van der Waals surface area contributed by atoms with Gasteiger partial charge in [0.05, 0.1) is 18.8 Å². The Labute approximate surface area is 169 Å². The molecule has 154 valence electrons. The molecule has 0 saturated carbocycles. The Morgan fingerprint density at radius 3 is 2.83 bits per heavy atom. The van der Waals surface area contributed by atoms with Gasteiger partial charge in [-0.05, 0) is 26.2 Å². The van der Waals surface area contributed by atoms with E-state index >= 15 is 0 Å². The molecule has 2 aromatic rings. The van der Waals surface area contributed by atoms with Gasteiger partial charge in [0.25, 0.3) is 5.56 Å². The summed E-state index contributed by atoms with van der Waals surface area (Å²) in [4.78, 5) is 41.3. The largest absolute Gasteiger partial charge is 0.467 e. The molecular weight excluding hydrogens is 372 g/mol. The molecule has 1 amide bonds. The molecule has 0 unspecified atom stereocenters. The zero-order chi connectivity index (χ0) is 21.0. The molecule has 0 aromatic carbocycles. The van der Waals surface area contributed by atoms with Crippen LogP contribution in [0.1, 0.15) is 0 Å². The van der Waals surface area contributed by atoms with Gasteiger partial charge >= 0.3 is 6.01 Å². The molecule has 2 aromatic heterocycles. The molecule has 3 rings (SSSR count). The average molecular weight is 398 g/mol. The quantitative estimate of drug-likeness (QED) is 0.683. The van der Waals surface area contributed by atoms with Crippen molar-refractivity contribution < 1.29 is 9.53 Å². The van der Waals surface area contributed by atoms with Crippen molar-refractivity contribution in [2.75, 3.05) is 52.8 Å². The van der Waals surface area contributed by atoms with Crippen LogP contribution in [0.2, 0.25) is 0 Å². The smallest absolute Gasteiger partial charge is 0.316 e. The van der Waals surface area contributed by atoms with Crippen molar-refractivity contribution in [3.05, 3.63) is 47.0 Å². The Kier molecular flexibility index (Phi) is 6.28. The van der Waals surface area contributed by atoms with Crippen LogP contribution >= 0.6 is 0 Å². The van der Waals surface area contributed by atoms with E-state index in [-0.39, 0.29) is 23.5 Å². The molecule has 1 aliphatic heterocycles. The Morgan fingerprint density at radius 2 is 2.14 bits per heavy atom. The van der Waals surface area contributed by atoms with Gasteiger partial charge in [0, 0.05) is 50.7 Å². The van der Waals surface area contributed by atoms with Crippen molar-refractivity contribution in [1.29, 1.82) is 0 Å². The molecule has 1 N–H and O–H groups in total. The van der Waals surface area contributed by atoms with Gasteiger partial charge < -0.3 is 24.4 Å². The van der Waals surface area contributed by atoms with Gasteiger partial charge in [0.2, 0.25) is 5.91 Å². The van der Waals surface area contributed by atoms with E-state index in [1.807, 2.05) is 37.0 Å². The summed E-state index contributed by atoms with van der Waals surface area (Å²) >= 11 is 0. The average Bonchev–Trinajstić information content (AvgIpc) is 2.66. The topological polar surface area (TPSA) is 94.7 Å². The van der Waals surface area contributed by atoms with Gasteiger partial charge in [-0.15, -0.1) is 0 Å². The van der Waals surface area contributed by atoms with Crippen molar-refractivity contribution in [3.8, 4) is 17.3 Å². The Morgan fingerprint density at radius 1 is 1.38 bits per heavy atom. The molecule has 1 aliphatic rings. The molecule has 0 radical (unpaired) electrons. The van der Waals surface area contributed by atoms with E-state index in [4.69, 9.17) is 4.74 Å². The summed E-state index contributed by atoms with van der Waals surface area (Å²) in [5.41, 5.74) is 1.75. The number of pyridine rings is 1. The molecule has 0 atom stereocenters. The van der Waals surface area contributed by atoms with E-state index in [1.165, 1.54) is 7.11 Å². The van der Waals surface area contributed by atoms with Gasteiger partial charge in [-0.1, -0.05) is 6.08 Å². The van der Waals surface area contributed by atoms with Crippen molar-refractivity contribution in [3.63, 3.8) is 0 Å². The summed E-state index contributed by atoms with van der Waals surface area (Å²) in [6.45, 7) is 1.87. The third kappa shape index (κ3) is 4.80. The van der Waals surface area contributed by atoms with Crippen LogP contribution in [0, 0.1) is 0 Å². The maximum Gasteiger partial charge on any atom is 0.316 e. The highest BCUT2D eigenvalue weighted by Gasteiger charge is 2.33. The molecular formula is C20H26N6O3. The lowest BCUT2D eigenvalue weighted by atomic mass is 10.1. The second kappa shape index (κ2) is 8.87. The van der Waals surface area contributed by atoms with Crippen LogP contribution in [0.5, 0.6) is 6.01 Å². The summed E-state index contributed by atoms with van der Waals surface area (Å²) in [5, 5.41) is 0. The number of H-pyrrole nitrogens is 1. The SMILES string of the molecule is COc1nccc(-c2c[nH]c(=O)c(N(C)C3CN(C(=O)C=CCN(C)C)C3)c2)n1. The Balaban J connectivity index is 1.69. The minimum Gasteiger partial charge on any atom is -0.467 e. The van der Waals surface area contributed by atoms with E-state index in [0.717, 1.165) is 12.1 Å². The fourth-order valence-electron chi connectivity index (χ4n) is 3.03. The standard InChI is InChI=1S/C20H26N6O3/c1-24(2)9-5-6-18(27)26-12-15(13-26)25(3)17-10-14(11-22-19(17)28)16-7-8-21-20(23-16)29-4/h5-8,10-11,15H,9,12-13H2,1-4H3,(H,22,28). The summed E-state index contributed by atoms with van der Waals surface area (Å²) in [6, 6.07) is 3.89. The monoisotopic (exact) mass is 398 g/mol. The molecule has 0 bridgehead atoms. The van der Waals surface area contributed by atoms with Crippen LogP contribution in [0.3, 0.4) is 0 Å². The van der Waals surface area contributed by atoms with Crippen LogP contribution in [0.25, 0.3) is 11.3 Å². The highest BCUT2D eigenvalue weighted by Crippen LogP contribution is 2.23. The van der Waals surface area contributed by atoms with Crippen molar-refractivity contribution in [2.45, 2.75) is 6.04 Å². The highest BCUT2D eigenvalue weighted by molar-refractivity contribution is 5.88. The van der Waals surface area contributed by atoms with Crippen molar-refractivity contribution >= 4 is 11.6 Å². The maximum absolute atomic E-state index is 12.4. The lowest BCUT2D eigenvalue weighted by molar-refractivity contribution is -0.130. The predicted molar refractivity (Wildman–Crippen MR) is 111 cm³/mol. The number of nitrogens with one attached hydrogen (secondary N) is 1. The molecule has 29 heavy (non-hydrogen) atoms. The number of carbonyl (C=O) groups is 1. The number of aromatic nitrogens is 3. The summed E-state index contributed by atoms with van der Waals surface area (Å²) in [5.74, 6) is -0.00718. The van der Waals surface area contributed by atoms with Gasteiger partial charge in [0.1, 0.15) is 5.69 Å². The zero-order valence-electron chi connectivity index (χ0n) is 17.1. The Bertz CT molecular complexity index is 949. The molecule has 0 aliphatic carbocycles. The van der Waals surface area contributed by atoms with Gasteiger partial charge in [-0.25, -0.2) is 4.98 Å². The number of likely N-dealkylation sites (N-methyl/N-ethyl adjacent to an activating group) is 2. The first kappa shape index (κ1) is 20.5. The summed E-state index contributed by atoms with van der Waals surface area (Å²) in [7, 11) is 7.27. The normalized spacial score (nSPS) is 14.3. The first-order valence-electron chi connectivity index (χ1n) is 9.32. The van der Waals surface area contributed by atoms with Crippen LogP contribution in [-0.4, -0.2) is 84.6 Å². The Hall–Kier alpha value is -3.20. The molecule has 1 fully saturated rings. The van der Waals surface area contributed by atoms with Crippen molar-refractivity contribution in [1.82, 2.24) is 24.8 Å². The maximum atomic E-state index is 12.4. The van der Waals surface area contributed by atoms with E-state index in [1.54, 1.807) is 35.5 Å². The fraction of sp³-hybridized carbons (Fsp3) is 0.400. The number of likely N-dealkylation sites (tertiary alicyclic amines) is 1. The first-order valence-corrected chi connectivity index (χ1v) is 9.32. The second-order valence-electron chi connectivity index (χ2n) is 7.20. The highest BCUT2D eigenvalue weighted by atomic mass is 16.5. The predicted octanol–water partition coefficient (Wildman–Crippen LogP) is 0.605. The van der Waals surface area contributed by atoms with E-state index < -0.39 is 0 Å². The molecule has 9 heteroatoms. The number of hydrogen-bond acceptors (Lipinski definition) is 7. The van der Waals surface area contributed by atoms with Crippen molar-refractivity contribution in [2.24, 2.45) is 0 Å². The number of hydrogen-bond donors (Lipinski definition) is 1. The summed E-state index contributed by atoms with van der Waals surface area (Å²) in [6.07, 6.45) is 6.68. The minimum atomic E-state index is -0.187. The zero-order valence-corrected chi connectivity index (χ0v) is 17.1. The number of amides is 1. The molecule has 1 saturated heterocycles. The number of ether oxygens (including phenoxy) is 1.